The summed E-state index contributed by atoms with van der Waals surface area (Å²) in [6.45, 7) is 4.87. The molecule has 0 aromatic carbocycles. The SMILES string of the molecule is CCCCCCCCCCCCCC[N+](C)(C)CCCCCC#N. The van der Waals surface area contributed by atoms with E-state index in [9.17, 15) is 0 Å². The maximum Gasteiger partial charge on any atom is 0.0782 e. The predicted octanol–water partition coefficient (Wildman–Crippen LogP) is 6.85. The van der Waals surface area contributed by atoms with Crippen LogP contribution in [0.25, 0.3) is 0 Å². The topological polar surface area (TPSA) is 23.8 Å². The molecule has 24 heavy (non-hydrogen) atoms. The minimum absolute atomic E-state index is 0.728. The summed E-state index contributed by atoms with van der Waals surface area (Å²) in [7, 11) is 4.73. The molecule has 0 aromatic heterocycles. The molecule has 0 rings (SSSR count). The molecule has 2 heteroatoms. The van der Waals surface area contributed by atoms with E-state index >= 15 is 0 Å². The molecule has 0 bridgehead atoms. The first-order valence-electron chi connectivity index (χ1n) is 10.8. The van der Waals surface area contributed by atoms with E-state index in [1.54, 1.807) is 0 Å². The van der Waals surface area contributed by atoms with Crippen LogP contribution in [0.5, 0.6) is 0 Å². The lowest BCUT2D eigenvalue weighted by Crippen LogP contribution is -2.41. The van der Waals surface area contributed by atoms with Gasteiger partial charge in [0.1, 0.15) is 0 Å². The molecule has 0 heterocycles. The molecule has 0 aliphatic heterocycles. The number of hydrogen-bond acceptors (Lipinski definition) is 1. The summed E-state index contributed by atoms with van der Waals surface area (Å²) >= 11 is 0. The summed E-state index contributed by atoms with van der Waals surface area (Å²) in [4.78, 5) is 0. The Hall–Kier alpha value is -0.550. The van der Waals surface area contributed by atoms with Gasteiger partial charge in [0.15, 0.2) is 0 Å². The normalized spacial score (nSPS) is 11.6. The van der Waals surface area contributed by atoms with Crippen molar-refractivity contribution in [3.63, 3.8) is 0 Å². The maximum absolute atomic E-state index is 8.55. The first kappa shape index (κ1) is 23.4. The first-order valence-corrected chi connectivity index (χ1v) is 10.8. The third kappa shape index (κ3) is 17.8. The molecule has 0 amide bonds. The fourth-order valence-corrected chi connectivity index (χ4v) is 3.41. The summed E-state index contributed by atoms with van der Waals surface area (Å²) in [6.07, 6.45) is 21.5. The van der Waals surface area contributed by atoms with Crippen LogP contribution < -0.4 is 0 Å². The Morgan fingerprint density at radius 3 is 1.38 bits per heavy atom. The Kier molecular flexibility index (Phi) is 16.9. The van der Waals surface area contributed by atoms with Gasteiger partial charge in [-0.3, -0.25) is 0 Å². The highest BCUT2D eigenvalue weighted by Gasteiger charge is 2.13. The third-order valence-corrected chi connectivity index (χ3v) is 5.17. The summed E-state index contributed by atoms with van der Waals surface area (Å²) in [5.41, 5.74) is 0. The van der Waals surface area contributed by atoms with Crippen LogP contribution in [-0.4, -0.2) is 31.7 Å². The molecular formula is C22H45N2+. The number of unbranched alkanes of at least 4 members (excludes halogenated alkanes) is 14. The van der Waals surface area contributed by atoms with Crippen LogP contribution >= 0.6 is 0 Å². The molecule has 0 atom stereocenters. The average molecular weight is 338 g/mol. The highest BCUT2D eigenvalue weighted by atomic mass is 15.3. The van der Waals surface area contributed by atoms with E-state index in [0.717, 1.165) is 17.3 Å². The van der Waals surface area contributed by atoms with E-state index in [1.165, 1.54) is 103 Å². The highest BCUT2D eigenvalue weighted by molar-refractivity contribution is 4.67. The molecule has 0 unspecified atom stereocenters. The molecule has 2 nitrogen and oxygen atoms in total. The van der Waals surface area contributed by atoms with E-state index in [0.29, 0.717) is 0 Å². The Morgan fingerprint density at radius 2 is 0.958 bits per heavy atom. The Labute approximate surface area is 153 Å². The van der Waals surface area contributed by atoms with Gasteiger partial charge in [-0.15, -0.1) is 0 Å². The molecule has 0 saturated carbocycles. The summed E-state index contributed by atoms with van der Waals surface area (Å²) < 4.78 is 1.16. The second-order valence-electron chi connectivity index (χ2n) is 8.24. The van der Waals surface area contributed by atoms with Crippen molar-refractivity contribution in [1.29, 1.82) is 5.26 Å². The minimum atomic E-state index is 0.728. The van der Waals surface area contributed by atoms with Crippen LogP contribution in [0.2, 0.25) is 0 Å². The maximum atomic E-state index is 8.55. The lowest BCUT2D eigenvalue weighted by molar-refractivity contribution is -0.890. The van der Waals surface area contributed by atoms with Gasteiger partial charge in [-0.1, -0.05) is 71.1 Å². The summed E-state index contributed by atoms with van der Waals surface area (Å²) in [6, 6.07) is 2.24. The number of quaternary nitrogens is 1. The molecular weight excluding hydrogens is 292 g/mol. The van der Waals surface area contributed by atoms with Crippen molar-refractivity contribution in [2.75, 3.05) is 27.2 Å². The van der Waals surface area contributed by atoms with Crippen LogP contribution in [0, 0.1) is 11.3 Å². The van der Waals surface area contributed by atoms with Gasteiger partial charge in [-0.2, -0.15) is 5.26 Å². The number of nitrogens with zero attached hydrogens (tertiary/aromatic N) is 2. The fourth-order valence-electron chi connectivity index (χ4n) is 3.41. The fraction of sp³-hybridized carbons (Fsp3) is 0.955. The molecule has 0 saturated heterocycles. The quantitative estimate of drug-likeness (QED) is 0.198. The molecule has 0 radical (unpaired) electrons. The predicted molar refractivity (Wildman–Crippen MR) is 107 cm³/mol. The van der Waals surface area contributed by atoms with Crippen molar-refractivity contribution in [3.05, 3.63) is 0 Å². The molecule has 0 spiro atoms. The summed E-state index contributed by atoms with van der Waals surface area (Å²) in [5, 5.41) is 8.55. The van der Waals surface area contributed by atoms with Gasteiger partial charge in [0.2, 0.25) is 0 Å². The van der Waals surface area contributed by atoms with Crippen molar-refractivity contribution in [2.24, 2.45) is 0 Å². The van der Waals surface area contributed by atoms with E-state index in [4.69, 9.17) is 5.26 Å². The second-order valence-corrected chi connectivity index (χ2v) is 8.24. The Balaban J connectivity index is 3.28. The number of nitriles is 1. The molecule has 142 valence electrons. The third-order valence-electron chi connectivity index (χ3n) is 5.17. The first-order chi connectivity index (χ1) is 11.6. The van der Waals surface area contributed by atoms with E-state index < -0.39 is 0 Å². The standard InChI is InChI=1S/C22H45N2/c1-4-5-6-7-8-9-10-11-12-13-15-18-21-24(2,3)22-19-16-14-17-20-23/h4-19,21-22H2,1-3H3/q+1. The minimum Gasteiger partial charge on any atom is -0.328 e. The number of rotatable bonds is 18. The monoisotopic (exact) mass is 337 g/mol. The van der Waals surface area contributed by atoms with Gasteiger partial charge >= 0.3 is 0 Å². The van der Waals surface area contributed by atoms with Crippen molar-refractivity contribution in [3.8, 4) is 6.07 Å². The highest BCUT2D eigenvalue weighted by Crippen LogP contribution is 2.13. The van der Waals surface area contributed by atoms with Gasteiger partial charge in [0.25, 0.3) is 0 Å². The molecule has 0 aliphatic carbocycles. The van der Waals surface area contributed by atoms with E-state index in [-0.39, 0.29) is 0 Å². The zero-order valence-electron chi connectivity index (χ0n) is 17.1. The van der Waals surface area contributed by atoms with Crippen LogP contribution in [-0.2, 0) is 0 Å². The van der Waals surface area contributed by atoms with Crippen LogP contribution in [0.4, 0.5) is 0 Å². The van der Waals surface area contributed by atoms with Gasteiger partial charge in [0.05, 0.1) is 33.3 Å². The smallest absolute Gasteiger partial charge is 0.0782 e. The number of hydrogen-bond donors (Lipinski definition) is 0. The van der Waals surface area contributed by atoms with Crippen molar-refractivity contribution < 1.29 is 4.48 Å². The van der Waals surface area contributed by atoms with Gasteiger partial charge in [-0.25, -0.2) is 0 Å². The van der Waals surface area contributed by atoms with Crippen molar-refractivity contribution in [1.82, 2.24) is 0 Å². The molecule has 0 N–H and O–H groups in total. The zero-order chi connectivity index (χ0) is 17.9. The van der Waals surface area contributed by atoms with Gasteiger partial charge < -0.3 is 4.48 Å². The lowest BCUT2D eigenvalue weighted by Gasteiger charge is -2.30. The van der Waals surface area contributed by atoms with E-state index in [2.05, 4.69) is 27.1 Å². The van der Waals surface area contributed by atoms with E-state index in [1.807, 2.05) is 0 Å². The molecule has 0 aliphatic rings. The zero-order valence-corrected chi connectivity index (χ0v) is 17.1. The Bertz CT molecular complexity index is 291. The average Bonchev–Trinajstić information content (AvgIpc) is 2.55. The van der Waals surface area contributed by atoms with Crippen LogP contribution in [0.1, 0.15) is 110 Å². The van der Waals surface area contributed by atoms with Crippen LogP contribution in [0.15, 0.2) is 0 Å². The molecule has 0 fully saturated rings. The van der Waals surface area contributed by atoms with Crippen molar-refractivity contribution >= 4 is 0 Å². The molecule has 0 aromatic rings. The van der Waals surface area contributed by atoms with Gasteiger partial charge in [0, 0.05) is 6.42 Å². The van der Waals surface area contributed by atoms with Crippen molar-refractivity contribution in [2.45, 2.75) is 110 Å². The van der Waals surface area contributed by atoms with Gasteiger partial charge in [-0.05, 0) is 32.1 Å². The summed E-state index contributed by atoms with van der Waals surface area (Å²) in [5.74, 6) is 0. The van der Waals surface area contributed by atoms with Crippen LogP contribution in [0.3, 0.4) is 0 Å². The lowest BCUT2D eigenvalue weighted by atomic mass is 10.1. The Morgan fingerprint density at radius 1 is 0.583 bits per heavy atom. The second kappa shape index (κ2) is 17.3. The largest absolute Gasteiger partial charge is 0.328 e.